The van der Waals surface area contributed by atoms with Gasteiger partial charge in [-0.3, -0.25) is 4.90 Å². The van der Waals surface area contributed by atoms with Gasteiger partial charge in [0.2, 0.25) is 0 Å². The van der Waals surface area contributed by atoms with Gasteiger partial charge in [-0.05, 0) is 38.9 Å². The maximum absolute atomic E-state index is 13.9. The van der Waals surface area contributed by atoms with E-state index in [1.54, 1.807) is 12.3 Å². The number of aryl methyl sites for hydroxylation is 1. The predicted octanol–water partition coefficient (Wildman–Crippen LogP) is 2.89. The normalized spacial score (nSPS) is 16.1. The molecule has 0 N–H and O–H groups in total. The van der Waals surface area contributed by atoms with E-state index in [2.05, 4.69) is 29.2 Å². The summed E-state index contributed by atoms with van der Waals surface area (Å²) in [5.41, 5.74) is 0.771. The Morgan fingerprint density at radius 2 is 1.89 bits per heavy atom. The van der Waals surface area contributed by atoms with Crippen molar-refractivity contribution in [3.8, 4) is 0 Å². The summed E-state index contributed by atoms with van der Waals surface area (Å²) < 4.78 is 18.1. The predicted molar refractivity (Wildman–Crippen MR) is 101 cm³/mol. The molecule has 4 rings (SSSR count). The average Bonchev–Trinajstić information content (AvgIpc) is 3.24. The number of aromatic nitrogens is 5. The van der Waals surface area contributed by atoms with Gasteiger partial charge in [0, 0.05) is 37.5 Å². The van der Waals surface area contributed by atoms with Crippen LogP contribution in [0, 0.1) is 12.7 Å². The Balaban J connectivity index is 1.38. The zero-order chi connectivity index (χ0) is 18.8. The lowest BCUT2D eigenvalue weighted by Crippen LogP contribution is -2.33. The van der Waals surface area contributed by atoms with Crippen molar-refractivity contribution in [2.45, 2.75) is 38.8 Å². The van der Waals surface area contributed by atoms with Crippen molar-refractivity contribution in [2.75, 3.05) is 13.1 Å². The van der Waals surface area contributed by atoms with E-state index in [-0.39, 0.29) is 5.82 Å². The number of nitrogens with zero attached hydrogens (tertiary/aromatic N) is 6. The Kier molecular flexibility index (Phi) is 5.03. The molecule has 0 bridgehead atoms. The molecule has 6 nitrogen and oxygen atoms in total. The Morgan fingerprint density at radius 1 is 1.11 bits per heavy atom. The molecule has 0 unspecified atom stereocenters. The summed E-state index contributed by atoms with van der Waals surface area (Å²) in [6, 6.07) is 7.04. The second-order valence-corrected chi connectivity index (χ2v) is 7.28. The molecular formula is C20H25FN6. The third-order valence-corrected chi connectivity index (χ3v) is 5.54. The molecule has 0 radical (unpaired) electrons. The standard InChI is InChI=1S/C20H25FN6/c1-15-22-9-12-27(15)14-19-23-24-20(25(19)2)16-7-10-26(11-8-16)13-17-5-3-4-6-18(17)21/h3-6,9,12,16H,7-8,10-11,13-14H2,1-2H3. The monoisotopic (exact) mass is 368 g/mol. The second kappa shape index (κ2) is 7.60. The van der Waals surface area contributed by atoms with Crippen LogP contribution in [0.25, 0.3) is 0 Å². The lowest BCUT2D eigenvalue weighted by atomic mass is 9.95. The number of hydrogen-bond acceptors (Lipinski definition) is 4. The first-order valence-electron chi connectivity index (χ1n) is 9.43. The Labute approximate surface area is 158 Å². The lowest BCUT2D eigenvalue weighted by molar-refractivity contribution is 0.198. The topological polar surface area (TPSA) is 51.8 Å². The maximum atomic E-state index is 13.9. The van der Waals surface area contributed by atoms with E-state index < -0.39 is 0 Å². The molecule has 1 aliphatic heterocycles. The highest BCUT2D eigenvalue weighted by atomic mass is 19.1. The van der Waals surface area contributed by atoms with E-state index in [1.165, 1.54) is 6.07 Å². The summed E-state index contributed by atoms with van der Waals surface area (Å²) in [7, 11) is 2.04. The summed E-state index contributed by atoms with van der Waals surface area (Å²) in [5.74, 6) is 3.25. The minimum absolute atomic E-state index is 0.118. The highest BCUT2D eigenvalue weighted by molar-refractivity contribution is 5.17. The number of hydrogen-bond donors (Lipinski definition) is 0. The van der Waals surface area contributed by atoms with Gasteiger partial charge >= 0.3 is 0 Å². The molecule has 0 saturated carbocycles. The summed E-state index contributed by atoms with van der Waals surface area (Å²) in [5, 5.41) is 8.88. The van der Waals surface area contributed by atoms with Gasteiger partial charge < -0.3 is 9.13 Å². The largest absolute Gasteiger partial charge is 0.328 e. The molecule has 0 amide bonds. The van der Waals surface area contributed by atoms with Crippen molar-refractivity contribution >= 4 is 0 Å². The van der Waals surface area contributed by atoms with Crippen LogP contribution in [-0.2, 0) is 20.1 Å². The molecule has 3 heterocycles. The molecule has 1 saturated heterocycles. The second-order valence-electron chi connectivity index (χ2n) is 7.28. The summed E-state index contributed by atoms with van der Waals surface area (Å²) in [6.07, 6.45) is 5.80. The zero-order valence-corrected chi connectivity index (χ0v) is 15.8. The van der Waals surface area contributed by atoms with E-state index in [0.717, 1.165) is 49.0 Å². The van der Waals surface area contributed by atoms with Gasteiger partial charge in [0.25, 0.3) is 0 Å². The molecule has 27 heavy (non-hydrogen) atoms. The van der Waals surface area contributed by atoms with Gasteiger partial charge in [0.15, 0.2) is 5.82 Å². The van der Waals surface area contributed by atoms with Gasteiger partial charge in [0.1, 0.15) is 17.5 Å². The molecule has 142 valence electrons. The van der Waals surface area contributed by atoms with Crippen LogP contribution in [0.1, 0.15) is 41.8 Å². The summed E-state index contributed by atoms with van der Waals surface area (Å²) in [4.78, 5) is 6.58. The number of halogens is 1. The van der Waals surface area contributed by atoms with Crippen LogP contribution in [0.3, 0.4) is 0 Å². The van der Waals surface area contributed by atoms with Gasteiger partial charge in [-0.1, -0.05) is 18.2 Å². The lowest BCUT2D eigenvalue weighted by Gasteiger charge is -2.31. The van der Waals surface area contributed by atoms with Gasteiger partial charge in [-0.25, -0.2) is 9.37 Å². The molecule has 0 atom stereocenters. The average molecular weight is 368 g/mol. The van der Waals surface area contributed by atoms with Gasteiger partial charge in [-0.2, -0.15) is 0 Å². The Bertz CT molecular complexity index is 907. The van der Waals surface area contributed by atoms with Gasteiger partial charge in [-0.15, -0.1) is 10.2 Å². The minimum Gasteiger partial charge on any atom is -0.328 e. The van der Waals surface area contributed by atoms with Crippen LogP contribution >= 0.6 is 0 Å². The van der Waals surface area contributed by atoms with E-state index in [0.29, 0.717) is 19.0 Å². The fourth-order valence-corrected chi connectivity index (χ4v) is 3.81. The smallest absolute Gasteiger partial charge is 0.152 e. The molecule has 2 aromatic heterocycles. The van der Waals surface area contributed by atoms with E-state index >= 15 is 0 Å². The molecule has 3 aromatic rings. The van der Waals surface area contributed by atoms with Gasteiger partial charge in [0.05, 0.1) is 6.54 Å². The molecule has 1 fully saturated rings. The first-order chi connectivity index (χ1) is 13.1. The highest BCUT2D eigenvalue weighted by Gasteiger charge is 2.25. The van der Waals surface area contributed by atoms with Crippen molar-refractivity contribution in [3.05, 3.63) is 65.5 Å². The quantitative estimate of drug-likeness (QED) is 0.695. The third kappa shape index (κ3) is 3.78. The molecule has 0 aliphatic carbocycles. The SMILES string of the molecule is Cc1nccn1Cc1nnc(C2CCN(Cc3ccccc3F)CC2)n1C. The van der Waals surface area contributed by atoms with E-state index in [4.69, 9.17) is 0 Å². The Morgan fingerprint density at radius 3 is 2.59 bits per heavy atom. The van der Waals surface area contributed by atoms with Crippen LogP contribution in [0.15, 0.2) is 36.7 Å². The number of piperidine rings is 1. The highest BCUT2D eigenvalue weighted by Crippen LogP contribution is 2.28. The van der Waals surface area contributed by atoms with Crippen molar-refractivity contribution in [2.24, 2.45) is 7.05 Å². The van der Waals surface area contributed by atoms with Crippen LogP contribution in [0.2, 0.25) is 0 Å². The van der Waals surface area contributed by atoms with Crippen molar-refractivity contribution in [3.63, 3.8) is 0 Å². The number of likely N-dealkylation sites (tertiary alicyclic amines) is 1. The number of rotatable bonds is 5. The summed E-state index contributed by atoms with van der Waals surface area (Å²) in [6.45, 7) is 5.23. The van der Waals surface area contributed by atoms with E-state index in [1.807, 2.05) is 32.3 Å². The fraction of sp³-hybridized carbons (Fsp3) is 0.450. The summed E-state index contributed by atoms with van der Waals surface area (Å²) >= 11 is 0. The fourth-order valence-electron chi connectivity index (χ4n) is 3.81. The van der Waals surface area contributed by atoms with Crippen LogP contribution < -0.4 is 0 Å². The zero-order valence-electron chi connectivity index (χ0n) is 15.8. The number of benzene rings is 1. The number of imidazole rings is 1. The van der Waals surface area contributed by atoms with Crippen LogP contribution in [0.5, 0.6) is 0 Å². The maximum Gasteiger partial charge on any atom is 0.152 e. The molecule has 7 heteroatoms. The van der Waals surface area contributed by atoms with Crippen molar-refractivity contribution in [1.82, 2.24) is 29.2 Å². The van der Waals surface area contributed by atoms with Crippen molar-refractivity contribution in [1.29, 1.82) is 0 Å². The molecule has 1 aliphatic rings. The molecule has 0 spiro atoms. The molecule has 1 aromatic carbocycles. The third-order valence-electron chi connectivity index (χ3n) is 5.54. The minimum atomic E-state index is -0.118. The molecular weight excluding hydrogens is 343 g/mol. The van der Waals surface area contributed by atoms with Crippen molar-refractivity contribution < 1.29 is 4.39 Å². The first kappa shape index (κ1) is 17.9. The first-order valence-corrected chi connectivity index (χ1v) is 9.43. The van der Waals surface area contributed by atoms with Crippen LogP contribution in [-0.4, -0.2) is 42.3 Å². The van der Waals surface area contributed by atoms with Crippen LogP contribution in [0.4, 0.5) is 4.39 Å². The Hall–Kier alpha value is -2.54. The van der Waals surface area contributed by atoms with E-state index in [9.17, 15) is 4.39 Å².